The van der Waals surface area contributed by atoms with Gasteiger partial charge >= 0.3 is 0 Å². The van der Waals surface area contributed by atoms with Crippen LogP contribution < -0.4 is 0 Å². The molecule has 8 heteroatoms. The third-order valence-electron chi connectivity index (χ3n) is 3.42. The summed E-state index contributed by atoms with van der Waals surface area (Å²) >= 11 is 11.7. The van der Waals surface area contributed by atoms with E-state index in [9.17, 15) is 4.79 Å². The van der Waals surface area contributed by atoms with Crippen LogP contribution in [0, 0.1) is 0 Å². The smallest absolute Gasteiger partial charge is 0.254 e. The molecule has 2 aromatic rings. The number of fused-ring (bicyclic) bond motifs is 1. The standard InChI is InChI=1S/C13H13Cl2N5O/c1-19(7-12-18-17-11-3-2-4-20(11)12)13(21)8-5-9(14)16-10(15)6-8/h5-6H,2-4,7H2,1H3. The van der Waals surface area contributed by atoms with Crippen molar-refractivity contribution in [1.29, 1.82) is 0 Å². The van der Waals surface area contributed by atoms with E-state index in [1.54, 1.807) is 11.9 Å². The highest BCUT2D eigenvalue weighted by atomic mass is 35.5. The van der Waals surface area contributed by atoms with Crippen LogP contribution in [0.1, 0.15) is 28.4 Å². The Morgan fingerprint density at radius 2 is 2.05 bits per heavy atom. The molecular formula is C13H13Cl2N5O. The lowest BCUT2D eigenvalue weighted by molar-refractivity contribution is 0.0780. The monoisotopic (exact) mass is 325 g/mol. The number of amides is 1. The van der Waals surface area contributed by atoms with E-state index in [2.05, 4.69) is 19.7 Å². The highest BCUT2D eigenvalue weighted by Gasteiger charge is 2.21. The Morgan fingerprint density at radius 1 is 1.33 bits per heavy atom. The van der Waals surface area contributed by atoms with E-state index < -0.39 is 0 Å². The van der Waals surface area contributed by atoms with Gasteiger partial charge in [-0.2, -0.15) is 0 Å². The third-order valence-corrected chi connectivity index (χ3v) is 3.81. The summed E-state index contributed by atoms with van der Waals surface area (Å²) in [7, 11) is 1.71. The van der Waals surface area contributed by atoms with Gasteiger partial charge in [-0.1, -0.05) is 23.2 Å². The number of hydrogen-bond acceptors (Lipinski definition) is 4. The molecule has 1 amide bonds. The van der Waals surface area contributed by atoms with Gasteiger partial charge in [0.1, 0.15) is 16.1 Å². The first-order valence-corrected chi connectivity index (χ1v) is 7.29. The Labute approximate surface area is 131 Å². The van der Waals surface area contributed by atoms with Crippen LogP contribution in [-0.2, 0) is 19.5 Å². The molecule has 3 heterocycles. The van der Waals surface area contributed by atoms with Crippen molar-refractivity contribution in [2.75, 3.05) is 7.05 Å². The van der Waals surface area contributed by atoms with Crippen molar-refractivity contribution in [3.8, 4) is 0 Å². The lowest BCUT2D eigenvalue weighted by Gasteiger charge is -2.17. The summed E-state index contributed by atoms with van der Waals surface area (Å²) in [6.07, 6.45) is 2.02. The first-order chi connectivity index (χ1) is 10.0. The van der Waals surface area contributed by atoms with E-state index in [4.69, 9.17) is 23.2 Å². The van der Waals surface area contributed by atoms with E-state index in [0.29, 0.717) is 12.1 Å². The van der Waals surface area contributed by atoms with Gasteiger partial charge in [0.05, 0.1) is 6.54 Å². The highest BCUT2D eigenvalue weighted by molar-refractivity contribution is 6.33. The van der Waals surface area contributed by atoms with Crippen LogP contribution in [0.5, 0.6) is 0 Å². The quantitative estimate of drug-likeness (QED) is 0.811. The molecule has 6 nitrogen and oxygen atoms in total. The Hall–Kier alpha value is -1.66. The van der Waals surface area contributed by atoms with Crippen LogP contribution in [0.2, 0.25) is 10.3 Å². The van der Waals surface area contributed by atoms with Crippen molar-refractivity contribution in [2.24, 2.45) is 0 Å². The summed E-state index contributed by atoms with van der Waals surface area (Å²) in [6.45, 7) is 1.30. The van der Waals surface area contributed by atoms with Gasteiger partial charge in [0.2, 0.25) is 0 Å². The molecule has 0 saturated heterocycles. The topological polar surface area (TPSA) is 63.9 Å². The highest BCUT2D eigenvalue weighted by Crippen LogP contribution is 2.18. The van der Waals surface area contributed by atoms with E-state index >= 15 is 0 Å². The number of nitrogens with zero attached hydrogens (tertiary/aromatic N) is 5. The van der Waals surface area contributed by atoms with Gasteiger partial charge in [-0.15, -0.1) is 10.2 Å². The number of carbonyl (C=O) groups excluding carboxylic acids is 1. The number of rotatable bonds is 3. The zero-order chi connectivity index (χ0) is 15.0. The summed E-state index contributed by atoms with van der Waals surface area (Å²) in [5, 5.41) is 8.67. The molecule has 0 atom stereocenters. The molecule has 0 unspecified atom stereocenters. The molecule has 21 heavy (non-hydrogen) atoms. The average molecular weight is 326 g/mol. The van der Waals surface area contributed by atoms with Gasteiger partial charge in [-0.3, -0.25) is 4.79 Å². The van der Waals surface area contributed by atoms with Crippen LogP contribution in [0.15, 0.2) is 12.1 Å². The molecule has 0 saturated carbocycles. The Morgan fingerprint density at radius 3 is 2.76 bits per heavy atom. The lowest BCUT2D eigenvalue weighted by atomic mass is 10.2. The maximum Gasteiger partial charge on any atom is 0.254 e. The van der Waals surface area contributed by atoms with Crippen LogP contribution in [0.4, 0.5) is 0 Å². The summed E-state index contributed by atoms with van der Waals surface area (Å²) < 4.78 is 2.07. The third kappa shape index (κ3) is 2.87. The van der Waals surface area contributed by atoms with Crippen molar-refractivity contribution >= 4 is 29.1 Å². The van der Waals surface area contributed by atoms with Crippen LogP contribution in [0.3, 0.4) is 0 Å². The molecule has 110 valence electrons. The molecule has 1 aliphatic rings. The van der Waals surface area contributed by atoms with Gasteiger partial charge < -0.3 is 9.47 Å². The Bertz CT molecular complexity index is 680. The molecule has 1 aliphatic heterocycles. The molecule has 0 aromatic carbocycles. The summed E-state index contributed by atoms with van der Waals surface area (Å²) in [5.74, 6) is 1.60. The minimum absolute atomic E-state index is 0.184. The average Bonchev–Trinajstić information content (AvgIpc) is 3.01. The predicted octanol–water partition coefficient (Wildman–Crippen LogP) is 2.20. The predicted molar refractivity (Wildman–Crippen MR) is 78.4 cm³/mol. The number of carbonyl (C=O) groups is 1. The molecule has 2 aromatic heterocycles. The number of halogens is 2. The van der Waals surface area contributed by atoms with E-state index in [1.807, 2.05) is 0 Å². The fraction of sp³-hybridized carbons (Fsp3) is 0.385. The second-order valence-electron chi connectivity index (χ2n) is 4.95. The van der Waals surface area contributed by atoms with Crippen molar-refractivity contribution in [3.63, 3.8) is 0 Å². The number of hydrogen-bond donors (Lipinski definition) is 0. The zero-order valence-electron chi connectivity index (χ0n) is 11.4. The SMILES string of the molecule is CN(Cc1nnc2n1CCC2)C(=O)c1cc(Cl)nc(Cl)c1. The minimum Gasteiger partial charge on any atom is -0.334 e. The van der Waals surface area contributed by atoms with Gasteiger partial charge in [0.15, 0.2) is 5.82 Å². The Balaban J connectivity index is 1.78. The molecular weight excluding hydrogens is 313 g/mol. The summed E-state index contributed by atoms with van der Waals surface area (Å²) in [6, 6.07) is 3.00. The largest absolute Gasteiger partial charge is 0.334 e. The number of aromatic nitrogens is 4. The maximum absolute atomic E-state index is 12.4. The molecule has 0 aliphatic carbocycles. The van der Waals surface area contributed by atoms with Gasteiger partial charge in [0, 0.05) is 25.6 Å². The van der Waals surface area contributed by atoms with Crippen molar-refractivity contribution in [2.45, 2.75) is 25.9 Å². The minimum atomic E-state index is -0.184. The first kappa shape index (κ1) is 14.3. The zero-order valence-corrected chi connectivity index (χ0v) is 12.9. The fourth-order valence-electron chi connectivity index (χ4n) is 2.42. The number of pyridine rings is 1. The van der Waals surface area contributed by atoms with E-state index in [0.717, 1.165) is 31.0 Å². The molecule has 3 rings (SSSR count). The second kappa shape index (κ2) is 5.61. The van der Waals surface area contributed by atoms with E-state index in [-0.39, 0.29) is 16.2 Å². The van der Waals surface area contributed by atoms with Crippen molar-refractivity contribution in [1.82, 2.24) is 24.6 Å². The normalized spacial score (nSPS) is 13.3. The molecule has 0 radical (unpaired) electrons. The molecule has 0 bridgehead atoms. The van der Waals surface area contributed by atoms with Gasteiger partial charge in [-0.25, -0.2) is 4.98 Å². The fourth-order valence-corrected chi connectivity index (χ4v) is 2.88. The molecule has 0 spiro atoms. The number of aryl methyl sites for hydroxylation is 1. The van der Waals surface area contributed by atoms with Crippen LogP contribution >= 0.6 is 23.2 Å². The summed E-state index contributed by atoms with van der Waals surface area (Å²) in [5.41, 5.74) is 0.406. The van der Waals surface area contributed by atoms with Crippen molar-refractivity contribution in [3.05, 3.63) is 39.7 Å². The second-order valence-corrected chi connectivity index (χ2v) is 5.72. The van der Waals surface area contributed by atoms with Gasteiger partial charge in [0.25, 0.3) is 5.91 Å². The molecule has 0 fully saturated rings. The maximum atomic E-state index is 12.4. The van der Waals surface area contributed by atoms with Crippen LogP contribution in [0.25, 0.3) is 0 Å². The summed E-state index contributed by atoms with van der Waals surface area (Å²) in [4.78, 5) is 17.8. The molecule has 0 N–H and O–H groups in total. The van der Waals surface area contributed by atoms with Crippen molar-refractivity contribution < 1.29 is 4.79 Å². The Kier molecular flexibility index (Phi) is 3.82. The van der Waals surface area contributed by atoms with Crippen LogP contribution in [-0.4, -0.2) is 37.6 Å². The van der Waals surface area contributed by atoms with E-state index in [1.165, 1.54) is 12.1 Å². The first-order valence-electron chi connectivity index (χ1n) is 6.54. The lowest BCUT2D eigenvalue weighted by Crippen LogP contribution is -2.27. The van der Waals surface area contributed by atoms with Gasteiger partial charge in [-0.05, 0) is 18.6 Å².